The van der Waals surface area contributed by atoms with E-state index in [1.807, 2.05) is 36.3 Å². The van der Waals surface area contributed by atoms with Crippen molar-refractivity contribution >= 4 is 143 Å². The van der Waals surface area contributed by atoms with Crippen molar-refractivity contribution in [3.8, 4) is 0 Å². The molecule has 0 amide bonds. The van der Waals surface area contributed by atoms with Gasteiger partial charge in [-0.05, 0) is 47.8 Å². The van der Waals surface area contributed by atoms with Crippen LogP contribution in [0.2, 0.25) is 177 Å². The average Bonchev–Trinajstić information content (AvgIpc) is 3.25. The number of allylic oxidation sites excluding steroid dienone is 4. The molecule has 3 aromatic rings. The van der Waals surface area contributed by atoms with E-state index in [1.54, 1.807) is 47.8 Å². The van der Waals surface area contributed by atoms with Crippen molar-refractivity contribution in [3.63, 3.8) is 0 Å². The second-order valence-corrected chi connectivity index (χ2v) is 78.9. The Labute approximate surface area is 408 Å². The van der Waals surface area contributed by atoms with E-state index in [0.29, 0.717) is 5.92 Å². The zero-order chi connectivity index (χ0) is 50.1. The minimum Gasteiger partial charge on any atom is -0.0656 e. The van der Waals surface area contributed by atoms with Crippen LogP contribution in [0.15, 0.2) is 58.3 Å². The van der Waals surface area contributed by atoms with Crippen molar-refractivity contribution in [1.82, 2.24) is 0 Å². The number of hydrogen-bond acceptors (Lipinski definition) is 0. The summed E-state index contributed by atoms with van der Waals surface area (Å²) in [5.41, 5.74) is 4.83. The molecule has 0 radical (unpaired) electrons. The standard InChI is InChI=1S/C54H100Si10/c1-38-39(2)41(4)51(40(38)3)64(48-35-42(55(5,6)7)32-45(58(14,15)16)52(48)61(23,24)25,49-36-43(56(8,9)10)33-46(59(17,18)19)53(49)62(26,27)28)50-37-44(57(11,12)13)34-47(60(20,21)22)54(50)63(29,30)31/h32-37,40H,1-31H3. The lowest BCUT2D eigenvalue weighted by molar-refractivity contribution is 0.852. The first-order chi connectivity index (χ1) is 28.1. The zero-order valence-corrected chi connectivity index (χ0v) is 58.0. The van der Waals surface area contributed by atoms with Gasteiger partial charge in [0.05, 0.1) is 72.7 Å². The van der Waals surface area contributed by atoms with Crippen LogP contribution in [0.25, 0.3) is 0 Å². The first-order valence-corrected chi connectivity index (χ1v) is 58.6. The van der Waals surface area contributed by atoms with Crippen LogP contribution in [0.1, 0.15) is 27.7 Å². The minimum atomic E-state index is -3.25. The largest absolute Gasteiger partial charge is 0.176 e. The topological polar surface area (TPSA) is 0 Å². The smallest absolute Gasteiger partial charge is 0.0656 e. The van der Waals surface area contributed by atoms with Gasteiger partial charge in [-0.2, -0.15) is 0 Å². The van der Waals surface area contributed by atoms with Crippen molar-refractivity contribution in [2.24, 2.45) is 5.92 Å². The molecule has 0 fully saturated rings. The van der Waals surface area contributed by atoms with Crippen LogP contribution in [0.4, 0.5) is 0 Å². The fourth-order valence-corrected chi connectivity index (χ4v) is 43.4. The van der Waals surface area contributed by atoms with Crippen LogP contribution < -0.4 is 62.2 Å². The van der Waals surface area contributed by atoms with Crippen LogP contribution in [-0.2, 0) is 0 Å². The monoisotopic (exact) mass is 1030 g/mol. The Morgan fingerprint density at radius 3 is 0.656 bits per heavy atom. The highest BCUT2D eigenvalue weighted by Crippen LogP contribution is 2.41. The Balaban J connectivity index is 2.95. The summed E-state index contributed by atoms with van der Waals surface area (Å²) in [6.07, 6.45) is 0. The van der Waals surface area contributed by atoms with Gasteiger partial charge in [0, 0.05) is 0 Å². The van der Waals surface area contributed by atoms with Crippen LogP contribution in [0.5, 0.6) is 0 Å². The molecule has 1 atom stereocenters. The SMILES string of the molecule is CC1=C(C)C(C)C([Si](c2cc([Si](C)(C)C)cc([Si](C)(C)C)c2[Si](C)(C)C)(c2cc([Si](C)(C)C)cc([Si](C)(C)C)c2[Si](C)(C)C)c2cc([Si](C)(C)C)cc([Si](C)(C)C)c2[Si](C)(C)C)=C1C. The summed E-state index contributed by atoms with van der Waals surface area (Å²) in [7, 11) is -20.5. The highest BCUT2D eigenvalue weighted by molar-refractivity contribution is 7.24. The van der Waals surface area contributed by atoms with Crippen molar-refractivity contribution in [3.05, 3.63) is 58.3 Å². The predicted octanol–water partition coefficient (Wildman–Crippen LogP) is 9.91. The molecular formula is C54H100Si10. The minimum absolute atomic E-state index is 0.382. The molecule has 1 aliphatic rings. The molecule has 0 heterocycles. The van der Waals surface area contributed by atoms with Crippen molar-refractivity contribution in [2.45, 2.75) is 204 Å². The summed E-state index contributed by atoms with van der Waals surface area (Å²) in [6.45, 7) is 83.1. The number of rotatable bonds is 13. The molecule has 0 aromatic heterocycles. The van der Waals surface area contributed by atoms with E-state index < -0.39 is 80.7 Å². The zero-order valence-electron chi connectivity index (χ0n) is 48.0. The number of benzene rings is 3. The number of hydrogen-bond donors (Lipinski definition) is 0. The third-order valence-electron chi connectivity index (χ3n) is 14.9. The molecule has 4 rings (SSSR count). The van der Waals surface area contributed by atoms with E-state index in [2.05, 4.69) is 241 Å². The molecule has 1 unspecified atom stereocenters. The molecule has 1 aliphatic carbocycles. The predicted molar refractivity (Wildman–Crippen MR) is 331 cm³/mol. The van der Waals surface area contributed by atoms with Gasteiger partial charge in [-0.3, -0.25) is 0 Å². The van der Waals surface area contributed by atoms with Gasteiger partial charge in [-0.25, -0.2) is 0 Å². The summed E-state index contributed by atoms with van der Waals surface area (Å²) < 4.78 is 0. The Hall–Kier alpha value is -0.691. The van der Waals surface area contributed by atoms with Crippen LogP contribution >= 0.6 is 0 Å². The normalized spacial score (nSPS) is 17.0. The van der Waals surface area contributed by atoms with Gasteiger partial charge < -0.3 is 0 Å². The highest BCUT2D eigenvalue weighted by Gasteiger charge is 2.56. The summed E-state index contributed by atoms with van der Waals surface area (Å²) in [5, 5.41) is 23.5. The van der Waals surface area contributed by atoms with E-state index >= 15 is 0 Å². The molecule has 0 bridgehead atoms. The second kappa shape index (κ2) is 17.3. The first kappa shape index (κ1) is 55.9. The van der Waals surface area contributed by atoms with Gasteiger partial charge >= 0.3 is 0 Å². The van der Waals surface area contributed by atoms with E-state index in [1.165, 1.54) is 0 Å². The maximum Gasteiger partial charge on any atom is 0.176 e. The molecule has 0 saturated heterocycles. The second-order valence-electron chi connectivity index (χ2n) is 29.9. The molecule has 0 aliphatic heterocycles. The van der Waals surface area contributed by atoms with Gasteiger partial charge in [-0.1, -0.05) is 283 Å². The maximum atomic E-state index is 3.01. The highest BCUT2D eigenvalue weighted by atomic mass is 28.4. The summed E-state index contributed by atoms with van der Waals surface area (Å²) in [4.78, 5) is 0. The van der Waals surface area contributed by atoms with E-state index in [-0.39, 0.29) is 0 Å². The summed E-state index contributed by atoms with van der Waals surface area (Å²) in [6, 6.07) is 17.6. The third-order valence-corrected chi connectivity index (χ3v) is 39.9. The summed E-state index contributed by atoms with van der Waals surface area (Å²) >= 11 is 0. The van der Waals surface area contributed by atoms with E-state index in [0.717, 1.165) is 0 Å². The van der Waals surface area contributed by atoms with Crippen molar-refractivity contribution in [1.29, 1.82) is 0 Å². The lowest BCUT2D eigenvalue weighted by Crippen LogP contribution is -2.86. The Bertz CT molecular complexity index is 2140. The quantitative estimate of drug-likeness (QED) is 0.118. The van der Waals surface area contributed by atoms with Gasteiger partial charge in [0.1, 0.15) is 0 Å². The molecule has 0 saturated carbocycles. The van der Waals surface area contributed by atoms with Gasteiger partial charge in [-0.15, -0.1) is 0 Å². The Morgan fingerprint density at radius 2 is 0.500 bits per heavy atom. The van der Waals surface area contributed by atoms with Crippen LogP contribution in [-0.4, -0.2) is 80.7 Å². The molecular weight excluding hydrogens is 929 g/mol. The molecule has 64 heavy (non-hydrogen) atoms. The molecule has 3 aromatic carbocycles. The Kier molecular flexibility index (Phi) is 15.1. The van der Waals surface area contributed by atoms with Crippen LogP contribution in [0.3, 0.4) is 0 Å². The van der Waals surface area contributed by atoms with Gasteiger partial charge in [0.2, 0.25) is 0 Å². The first-order valence-electron chi connectivity index (χ1n) is 25.1. The molecule has 0 N–H and O–H groups in total. The van der Waals surface area contributed by atoms with E-state index in [9.17, 15) is 0 Å². The average molecular weight is 1030 g/mol. The Morgan fingerprint density at radius 1 is 0.281 bits per heavy atom. The maximum absolute atomic E-state index is 3.25. The van der Waals surface area contributed by atoms with Crippen molar-refractivity contribution in [2.75, 3.05) is 0 Å². The van der Waals surface area contributed by atoms with Gasteiger partial charge in [0.25, 0.3) is 0 Å². The fraction of sp³-hybridized carbons (Fsp3) is 0.593. The molecule has 356 valence electrons. The third kappa shape index (κ3) is 10.6. The summed E-state index contributed by atoms with van der Waals surface area (Å²) in [5.74, 6) is 0.382. The van der Waals surface area contributed by atoms with E-state index in [4.69, 9.17) is 0 Å². The lowest BCUT2D eigenvalue weighted by atomic mass is 10.1. The van der Waals surface area contributed by atoms with Crippen molar-refractivity contribution < 1.29 is 0 Å². The fourth-order valence-electron chi connectivity index (χ4n) is 11.2. The van der Waals surface area contributed by atoms with Crippen LogP contribution in [0, 0.1) is 5.92 Å². The lowest BCUT2D eigenvalue weighted by Gasteiger charge is -2.49. The molecule has 0 spiro atoms. The van der Waals surface area contributed by atoms with Gasteiger partial charge in [0.15, 0.2) is 8.07 Å². The molecule has 0 nitrogen and oxygen atoms in total. The molecule has 10 heteroatoms.